The van der Waals surface area contributed by atoms with Crippen molar-refractivity contribution in [3.8, 4) is 0 Å². The molecule has 11 heteroatoms. The molecule has 3 amide bonds. The fraction of sp³-hybridized carbons (Fsp3) is 0.706. The molecule has 0 aromatic heterocycles. The van der Waals surface area contributed by atoms with Crippen molar-refractivity contribution in [1.29, 1.82) is 0 Å². The summed E-state index contributed by atoms with van der Waals surface area (Å²) >= 11 is 0. The maximum atomic E-state index is 12.5. The number of carbonyl (C=O) groups excluding carboxylic acids is 3. The van der Waals surface area contributed by atoms with Crippen molar-refractivity contribution in [2.45, 2.75) is 57.7 Å². The first kappa shape index (κ1) is 23.3. The van der Waals surface area contributed by atoms with E-state index in [9.17, 15) is 29.1 Å². The van der Waals surface area contributed by atoms with Gasteiger partial charge < -0.3 is 31.5 Å². The topological polar surface area (TPSA) is 179 Å². The molecule has 158 valence electrons. The highest BCUT2D eigenvalue weighted by atomic mass is 16.4. The minimum Gasteiger partial charge on any atom is -0.481 e. The second-order valence-electron chi connectivity index (χ2n) is 6.82. The molecule has 1 aliphatic rings. The number of nitrogens with zero attached hydrogens (tertiary/aromatic N) is 1. The maximum absolute atomic E-state index is 12.5. The van der Waals surface area contributed by atoms with E-state index >= 15 is 0 Å². The minimum atomic E-state index is -1.47. The minimum absolute atomic E-state index is 0.266. The summed E-state index contributed by atoms with van der Waals surface area (Å²) in [4.78, 5) is 60.7. The molecule has 1 rings (SSSR count). The number of carboxylic acids is 2. The summed E-state index contributed by atoms with van der Waals surface area (Å²) in [6.45, 7) is 3.47. The number of rotatable bonds is 10. The predicted octanol–water partition coefficient (Wildman–Crippen LogP) is -1.49. The maximum Gasteiger partial charge on any atom is 0.326 e. The van der Waals surface area contributed by atoms with E-state index in [1.807, 2.05) is 0 Å². The third kappa shape index (κ3) is 6.19. The van der Waals surface area contributed by atoms with Crippen LogP contribution in [0.3, 0.4) is 0 Å². The fourth-order valence-corrected chi connectivity index (χ4v) is 3.04. The van der Waals surface area contributed by atoms with Gasteiger partial charge >= 0.3 is 11.9 Å². The van der Waals surface area contributed by atoms with Crippen LogP contribution in [-0.2, 0) is 24.0 Å². The quantitative estimate of drug-likeness (QED) is 0.294. The molecule has 28 heavy (non-hydrogen) atoms. The van der Waals surface area contributed by atoms with Crippen molar-refractivity contribution < 1.29 is 34.2 Å². The Bertz CT molecular complexity index is 625. The lowest BCUT2D eigenvalue weighted by Gasteiger charge is -2.27. The van der Waals surface area contributed by atoms with E-state index in [-0.39, 0.29) is 6.54 Å². The Morgan fingerprint density at radius 3 is 2.32 bits per heavy atom. The molecule has 11 nitrogen and oxygen atoms in total. The molecule has 0 aromatic rings. The van der Waals surface area contributed by atoms with Crippen LogP contribution in [0.15, 0.2) is 0 Å². The Morgan fingerprint density at radius 2 is 1.82 bits per heavy atom. The first-order valence-electron chi connectivity index (χ1n) is 9.17. The zero-order valence-electron chi connectivity index (χ0n) is 16.0. The summed E-state index contributed by atoms with van der Waals surface area (Å²) in [7, 11) is 0. The standard InChI is InChI=1S/C17H28N4O7/c1-3-9(2)14(17(27)28)20-15(25)10(7-13(23)24)19-16(26)11-5-4-6-21(11)12(22)8-18/h9-11,14H,3-8,18H2,1-2H3,(H,19,26)(H,20,25)(H,23,24)(H,27,28). The van der Waals surface area contributed by atoms with Crippen LogP contribution in [0.2, 0.25) is 0 Å². The van der Waals surface area contributed by atoms with Crippen molar-refractivity contribution in [3.05, 3.63) is 0 Å². The Morgan fingerprint density at radius 1 is 1.18 bits per heavy atom. The zero-order valence-corrected chi connectivity index (χ0v) is 16.0. The molecule has 0 aliphatic carbocycles. The third-order valence-corrected chi connectivity index (χ3v) is 4.84. The number of nitrogens with one attached hydrogen (secondary N) is 2. The van der Waals surface area contributed by atoms with E-state index in [2.05, 4.69) is 10.6 Å². The van der Waals surface area contributed by atoms with Gasteiger partial charge in [-0.2, -0.15) is 0 Å². The normalized spacial score (nSPS) is 19.4. The second kappa shape index (κ2) is 10.6. The molecule has 6 N–H and O–H groups in total. The summed E-state index contributed by atoms with van der Waals surface area (Å²) in [6.07, 6.45) is 0.700. The zero-order chi connectivity index (χ0) is 21.4. The van der Waals surface area contributed by atoms with E-state index in [1.165, 1.54) is 4.90 Å². The highest BCUT2D eigenvalue weighted by Gasteiger charge is 2.36. The highest BCUT2D eigenvalue weighted by Crippen LogP contribution is 2.18. The van der Waals surface area contributed by atoms with Gasteiger partial charge in [-0.1, -0.05) is 20.3 Å². The number of carboxylic acid groups (broad SMARTS) is 2. The van der Waals surface area contributed by atoms with Crippen molar-refractivity contribution in [1.82, 2.24) is 15.5 Å². The van der Waals surface area contributed by atoms with Gasteiger partial charge in [-0.25, -0.2) is 4.79 Å². The number of carbonyl (C=O) groups is 5. The summed E-state index contributed by atoms with van der Waals surface area (Å²) < 4.78 is 0. The number of likely N-dealkylation sites (tertiary alicyclic amines) is 1. The lowest BCUT2D eigenvalue weighted by molar-refractivity contribution is -0.145. The van der Waals surface area contributed by atoms with E-state index < -0.39 is 60.1 Å². The van der Waals surface area contributed by atoms with Gasteiger partial charge in [-0.05, 0) is 18.8 Å². The Hall–Kier alpha value is -2.69. The van der Waals surface area contributed by atoms with Crippen LogP contribution >= 0.6 is 0 Å². The summed E-state index contributed by atoms with van der Waals surface area (Å²) in [5.74, 6) is -4.97. The first-order valence-corrected chi connectivity index (χ1v) is 9.17. The fourth-order valence-electron chi connectivity index (χ4n) is 3.04. The number of hydrogen-bond acceptors (Lipinski definition) is 6. The van der Waals surface area contributed by atoms with Gasteiger partial charge in [0, 0.05) is 6.54 Å². The van der Waals surface area contributed by atoms with Crippen LogP contribution in [0.4, 0.5) is 0 Å². The van der Waals surface area contributed by atoms with Gasteiger partial charge in [0.05, 0.1) is 13.0 Å². The Labute approximate surface area is 162 Å². The van der Waals surface area contributed by atoms with Crippen LogP contribution in [0.1, 0.15) is 39.5 Å². The van der Waals surface area contributed by atoms with Crippen LogP contribution in [0, 0.1) is 5.92 Å². The SMILES string of the molecule is CCC(C)C(NC(=O)C(CC(=O)O)NC(=O)C1CCCN1C(=O)CN)C(=O)O. The van der Waals surface area contributed by atoms with E-state index in [1.54, 1.807) is 13.8 Å². The van der Waals surface area contributed by atoms with Gasteiger partial charge in [-0.15, -0.1) is 0 Å². The molecular formula is C17H28N4O7. The average Bonchev–Trinajstić information content (AvgIpc) is 3.13. The predicted molar refractivity (Wildman–Crippen MR) is 97.0 cm³/mol. The molecule has 0 spiro atoms. The second-order valence-corrected chi connectivity index (χ2v) is 6.82. The van der Waals surface area contributed by atoms with Crippen molar-refractivity contribution in [2.75, 3.05) is 13.1 Å². The van der Waals surface area contributed by atoms with Crippen molar-refractivity contribution in [2.24, 2.45) is 11.7 Å². The molecule has 0 aromatic carbocycles. The largest absolute Gasteiger partial charge is 0.481 e. The monoisotopic (exact) mass is 400 g/mol. The molecule has 4 atom stereocenters. The van der Waals surface area contributed by atoms with Crippen LogP contribution in [0.25, 0.3) is 0 Å². The summed E-state index contributed by atoms with van der Waals surface area (Å²) in [6, 6.07) is -3.52. The number of aliphatic carboxylic acids is 2. The molecule has 0 bridgehead atoms. The molecule has 1 heterocycles. The number of hydrogen-bond donors (Lipinski definition) is 5. The van der Waals surface area contributed by atoms with Crippen molar-refractivity contribution >= 4 is 29.7 Å². The van der Waals surface area contributed by atoms with Crippen LogP contribution < -0.4 is 16.4 Å². The van der Waals surface area contributed by atoms with Gasteiger partial charge in [0.25, 0.3) is 0 Å². The Kier molecular flexibility index (Phi) is 8.83. The third-order valence-electron chi connectivity index (χ3n) is 4.84. The highest BCUT2D eigenvalue weighted by molar-refractivity contribution is 5.95. The molecule has 1 saturated heterocycles. The summed E-state index contributed by atoms with van der Waals surface area (Å²) in [5, 5.41) is 23.0. The molecule has 0 saturated carbocycles. The first-order chi connectivity index (χ1) is 13.1. The molecule has 4 unspecified atom stereocenters. The molecule has 0 radical (unpaired) electrons. The molecule has 1 fully saturated rings. The van der Waals surface area contributed by atoms with E-state index in [4.69, 9.17) is 10.8 Å². The van der Waals surface area contributed by atoms with Gasteiger partial charge in [0.2, 0.25) is 17.7 Å². The summed E-state index contributed by atoms with van der Waals surface area (Å²) in [5.41, 5.74) is 5.33. The van der Waals surface area contributed by atoms with Crippen LogP contribution in [-0.4, -0.2) is 76.0 Å². The van der Waals surface area contributed by atoms with Crippen molar-refractivity contribution in [3.63, 3.8) is 0 Å². The number of amides is 3. The smallest absolute Gasteiger partial charge is 0.326 e. The van der Waals surface area contributed by atoms with E-state index in [0.29, 0.717) is 25.8 Å². The van der Waals surface area contributed by atoms with Gasteiger partial charge in [-0.3, -0.25) is 19.2 Å². The lowest BCUT2D eigenvalue weighted by atomic mass is 9.98. The number of nitrogens with two attached hydrogens (primary N) is 1. The van der Waals surface area contributed by atoms with Crippen LogP contribution in [0.5, 0.6) is 0 Å². The lowest BCUT2D eigenvalue weighted by Crippen LogP contribution is -2.57. The van der Waals surface area contributed by atoms with Gasteiger partial charge in [0.15, 0.2) is 0 Å². The Balaban J connectivity index is 2.91. The molecule has 1 aliphatic heterocycles. The van der Waals surface area contributed by atoms with E-state index in [0.717, 1.165) is 0 Å². The van der Waals surface area contributed by atoms with Gasteiger partial charge in [0.1, 0.15) is 18.1 Å². The molecular weight excluding hydrogens is 372 g/mol. The average molecular weight is 400 g/mol.